The molecule has 0 unspecified atom stereocenters. The van der Waals surface area contributed by atoms with Crippen LogP contribution < -0.4 is 20.1 Å². The van der Waals surface area contributed by atoms with E-state index in [9.17, 15) is 0 Å². The van der Waals surface area contributed by atoms with Crippen molar-refractivity contribution < 1.29 is 9.47 Å². The molecule has 1 aliphatic heterocycles. The summed E-state index contributed by atoms with van der Waals surface area (Å²) >= 11 is 0. The van der Waals surface area contributed by atoms with Gasteiger partial charge in [-0.15, -0.1) is 5.10 Å². The van der Waals surface area contributed by atoms with Gasteiger partial charge in [-0.3, -0.25) is 0 Å². The van der Waals surface area contributed by atoms with Crippen molar-refractivity contribution in [3.8, 4) is 11.5 Å². The van der Waals surface area contributed by atoms with Crippen LogP contribution >= 0.6 is 0 Å². The van der Waals surface area contributed by atoms with Crippen LogP contribution in [0.1, 0.15) is 31.9 Å². The van der Waals surface area contributed by atoms with Crippen LogP contribution in [-0.2, 0) is 12.0 Å². The molecule has 0 atom stereocenters. The van der Waals surface area contributed by atoms with Gasteiger partial charge < -0.3 is 20.1 Å². The quantitative estimate of drug-likeness (QED) is 0.688. The zero-order chi connectivity index (χ0) is 19.6. The van der Waals surface area contributed by atoms with Crippen LogP contribution in [0.3, 0.4) is 0 Å². The molecular weight excluding hydrogens is 354 g/mol. The molecule has 0 radical (unpaired) electrons. The maximum Gasteiger partial charge on any atom is 0.244 e. The predicted octanol–water partition coefficient (Wildman–Crippen LogP) is 4.25. The minimum Gasteiger partial charge on any atom is -0.454 e. The Labute approximate surface area is 164 Å². The van der Waals surface area contributed by atoms with E-state index < -0.39 is 0 Å². The molecule has 0 saturated carbocycles. The summed E-state index contributed by atoms with van der Waals surface area (Å²) < 4.78 is 10.7. The molecule has 0 saturated heterocycles. The van der Waals surface area contributed by atoms with Crippen molar-refractivity contribution >= 4 is 17.5 Å². The van der Waals surface area contributed by atoms with Crippen molar-refractivity contribution in [2.24, 2.45) is 0 Å². The molecule has 0 aliphatic carbocycles. The van der Waals surface area contributed by atoms with E-state index in [0.29, 0.717) is 18.3 Å². The summed E-state index contributed by atoms with van der Waals surface area (Å²) in [5, 5.41) is 14.7. The van der Waals surface area contributed by atoms with E-state index >= 15 is 0 Å². The summed E-state index contributed by atoms with van der Waals surface area (Å²) in [5.41, 5.74) is 3.29. The van der Waals surface area contributed by atoms with Gasteiger partial charge in [-0.2, -0.15) is 10.1 Å². The van der Waals surface area contributed by atoms with E-state index in [2.05, 4.69) is 52.7 Å². The maximum absolute atomic E-state index is 5.41. The first-order valence-electron chi connectivity index (χ1n) is 9.18. The summed E-state index contributed by atoms with van der Waals surface area (Å²) in [4.78, 5) is 4.53. The van der Waals surface area contributed by atoms with Crippen LogP contribution in [0.25, 0.3) is 0 Å². The third-order valence-corrected chi connectivity index (χ3v) is 4.44. The molecule has 1 aliphatic rings. The Kier molecular flexibility index (Phi) is 4.73. The molecule has 7 nitrogen and oxygen atoms in total. The topological polar surface area (TPSA) is 81.2 Å². The molecule has 28 heavy (non-hydrogen) atoms. The first kappa shape index (κ1) is 18.0. The Morgan fingerprint density at radius 1 is 1.04 bits per heavy atom. The van der Waals surface area contributed by atoms with E-state index in [1.807, 2.05) is 36.4 Å². The van der Waals surface area contributed by atoms with Gasteiger partial charge in [-0.25, -0.2) is 0 Å². The number of hydrogen-bond donors (Lipinski definition) is 2. The molecular formula is C21H23N5O2. The Bertz CT molecular complexity index is 985. The van der Waals surface area contributed by atoms with E-state index in [1.54, 1.807) is 6.20 Å². The van der Waals surface area contributed by atoms with Crippen LogP contribution in [0.15, 0.2) is 48.7 Å². The number of nitrogens with zero attached hydrogens (tertiary/aromatic N) is 3. The smallest absolute Gasteiger partial charge is 0.244 e. The lowest BCUT2D eigenvalue weighted by Gasteiger charge is -2.23. The zero-order valence-electron chi connectivity index (χ0n) is 16.2. The van der Waals surface area contributed by atoms with E-state index in [0.717, 1.165) is 22.7 Å². The van der Waals surface area contributed by atoms with Crippen molar-refractivity contribution in [2.75, 3.05) is 17.4 Å². The lowest BCUT2D eigenvalue weighted by atomic mass is 9.86. The molecule has 0 amide bonds. The van der Waals surface area contributed by atoms with Gasteiger partial charge in [0.25, 0.3) is 0 Å². The van der Waals surface area contributed by atoms with Gasteiger partial charge in [0.1, 0.15) is 0 Å². The number of ether oxygens (including phenoxy) is 2. The summed E-state index contributed by atoms with van der Waals surface area (Å²) in [5.74, 6) is 2.62. The number of hydrogen-bond acceptors (Lipinski definition) is 7. The van der Waals surface area contributed by atoms with Crippen LogP contribution in [0.5, 0.6) is 11.5 Å². The lowest BCUT2D eigenvalue weighted by molar-refractivity contribution is 0.174. The van der Waals surface area contributed by atoms with Crippen LogP contribution in [0.2, 0.25) is 0 Å². The standard InChI is InChI=1S/C21H23N5O2/c1-21(2,3)15-6-4-5-7-16(15)24-19-12-23-26-20(25-19)22-11-14-8-9-17-18(10-14)28-13-27-17/h4-10,12H,11,13H2,1-3H3,(H2,22,24,25,26). The Morgan fingerprint density at radius 2 is 1.86 bits per heavy atom. The normalized spacial score (nSPS) is 12.7. The number of nitrogens with one attached hydrogen (secondary N) is 2. The van der Waals surface area contributed by atoms with Crippen LogP contribution in [-0.4, -0.2) is 22.0 Å². The van der Waals surface area contributed by atoms with Crippen molar-refractivity contribution in [3.05, 3.63) is 59.8 Å². The molecule has 4 rings (SSSR count). The maximum atomic E-state index is 5.41. The SMILES string of the molecule is CC(C)(C)c1ccccc1Nc1cnnc(NCc2ccc3c(c2)OCO3)n1. The molecule has 3 aromatic rings. The zero-order valence-corrected chi connectivity index (χ0v) is 16.2. The molecule has 0 fully saturated rings. The van der Waals surface area contributed by atoms with Gasteiger partial charge in [0, 0.05) is 12.2 Å². The summed E-state index contributed by atoms with van der Waals surface area (Å²) in [6, 6.07) is 14.0. The largest absolute Gasteiger partial charge is 0.454 e. The van der Waals surface area contributed by atoms with Gasteiger partial charge >= 0.3 is 0 Å². The van der Waals surface area contributed by atoms with E-state index in [-0.39, 0.29) is 12.2 Å². The monoisotopic (exact) mass is 377 g/mol. The highest BCUT2D eigenvalue weighted by Crippen LogP contribution is 2.33. The number of benzene rings is 2. The fourth-order valence-corrected chi connectivity index (χ4v) is 3.05. The average molecular weight is 377 g/mol. The van der Waals surface area contributed by atoms with E-state index in [1.165, 1.54) is 5.56 Å². The Balaban J connectivity index is 1.47. The van der Waals surface area contributed by atoms with E-state index in [4.69, 9.17) is 9.47 Å². The Hall–Kier alpha value is -3.35. The molecule has 0 bridgehead atoms. The summed E-state index contributed by atoms with van der Waals surface area (Å²) in [7, 11) is 0. The van der Waals surface area contributed by atoms with Gasteiger partial charge in [-0.05, 0) is 34.7 Å². The number of para-hydroxylation sites is 1. The van der Waals surface area contributed by atoms with Gasteiger partial charge in [-0.1, -0.05) is 45.0 Å². The minimum atomic E-state index is 0.0183. The molecule has 144 valence electrons. The van der Waals surface area contributed by atoms with Crippen molar-refractivity contribution in [1.82, 2.24) is 15.2 Å². The molecule has 2 N–H and O–H groups in total. The fourth-order valence-electron chi connectivity index (χ4n) is 3.05. The molecule has 2 aromatic carbocycles. The van der Waals surface area contributed by atoms with Crippen molar-refractivity contribution in [1.29, 1.82) is 0 Å². The minimum absolute atomic E-state index is 0.0183. The van der Waals surface area contributed by atoms with Crippen LogP contribution in [0.4, 0.5) is 17.5 Å². The van der Waals surface area contributed by atoms with Gasteiger partial charge in [0.2, 0.25) is 12.7 Å². The van der Waals surface area contributed by atoms with Crippen molar-refractivity contribution in [2.45, 2.75) is 32.7 Å². The molecule has 2 heterocycles. The third-order valence-electron chi connectivity index (χ3n) is 4.44. The first-order valence-corrected chi connectivity index (χ1v) is 9.18. The highest BCUT2D eigenvalue weighted by molar-refractivity contribution is 5.62. The molecule has 0 spiro atoms. The second kappa shape index (κ2) is 7.34. The van der Waals surface area contributed by atoms with Crippen molar-refractivity contribution in [3.63, 3.8) is 0 Å². The predicted molar refractivity (Wildman–Crippen MR) is 108 cm³/mol. The number of fused-ring (bicyclic) bond motifs is 1. The lowest BCUT2D eigenvalue weighted by Crippen LogP contribution is -2.14. The van der Waals surface area contributed by atoms with Gasteiger partial charge in [0.05, 0.1) is 6.20 Å². The first-order chi connectivity index (χ1) is 13.5. The highest BCUT2D eigenvalue weighted by Gasteiger charge is 2.18. The number of aromatic nitrogens is 3. The second-order valence-electron chi connectivity index (χ2n) is 7.63. The number of anilines is 3. The highest BCUT2D eigenvalue weighted by atomic mass is 16.7. The van der Waals surface area contributed by atoms with Gasteiger partial charge in [0.15, 0.2) is 17.3 Å². The average Bonchev–Trinajstić information content (AvgIpc) is 3.14. The van der Waals surface area contributed by atoms with Crippen LogP contribution in [0, 0.1) is 0 Å². The summed E-state index contributed by atoms with van der Waals surface area (Å²) in [6.07, 6.45) is 1.62. The number of rotatable bonds is 5. The Morgan fingerprint density at radius 3 is 2.71 bits per heavy atom. The second-order valence-corrected chi connectivity index (χ2v) is 7.63. The molecule has 1 aromatic heterocycles. The fraction of sp³-hybridized carbons (Fsp3) is 0.286. The third kappa shape index (κ3) is 3.98. The molecule has 7 heteroatoms. The summed E-state index contributed by atoms with van der Waals surface area (Å²) in [6.45, 7) is 7.38.